The molecule has 28 heavy (non-hydrogen) atoms. The van der Waals surface area contributed by atoms with Gasteiger partial charge in [-0.25, -0.2) is 4.99 Å². The Bertz CT molecular complexity index is 715. The van der Waals surface area contributed by atoms with Crippen LogP contribution in [0, 0.1) is 0 Å². The van der Waals surface area contributed by atoms with Crippen molar-refractivity contribution in [3.63, 3.8) is 0 Å². The Morgan fingerprint density at radius 3 is 2.50 bits per heavy atom. The van der Waals surface area contributed by atoms with Gasteiger partial charge in [-0.05, 0) is 38.3 Å². The number of hydrogen-bond acceptors (Lipinski definition) is 3. The van der Waals surface area contributed by atoms with Crippen LogP contribution in [0.1, 0.15) is 44.1 Å². The predicted molar refractivity (Wildman–Crippen MR) is 127 cm³/mol. The van der Waals surface area contributed by atoms with Gasteiger partial charge in [0, 0.05) is 31.4 Å². The maximum absolute atomic E-state index is 5.73. The molecule has 0 atom stereocenters. The molecule has 0 radical (unpaired) electrons. The number of ether oxygens (including phenoxy) is 1. The van der Waals surface area contributed by atoms with Gasteiger partial charge in [0.05, 0.1) is 18.8 Å². The number of nitrogens with zero attached hydrogens (tertiary/aromatic N) is 3. The number of aromatic nitrogens is 2. The van der Waals surface area contributed by atoms with Crippen molar-refractivity contribution in [3.8, 4) is 5.75 Å². The lowest BCUT2D eigenvalue weighted by atomic mass is 10.1. The van der Waals surface area contributed by atoms with E-state index < -0.39 is 0 Å². The maximum atomic E-state index is 5.73. The van der Waals surface area contributed by atoms with Gasteiger partial charge in [0.25, 0.3) is 0 Å². The first kappa shape index (κ1) is 24.3. The molecule has 0 aliphatic carbocycles. The van der Waals surface area contributed by atoms with Crippen LogP contribution < -0.4 is 15.4 Å². The molecule has 0 spiro atoms. The van der Waals surface area contributed by atoms with Gasteiger partial charge >= 0.3 is 0 Å². The standard InChI is InChI=1S/C21H33N5O.HI/c1-5-19-18(20(6-2)26(4)25-19)16-24-21(22-7-3)23-14-11-15-27-17-12-9-8-10-13-17;/h8-10,12-13H,5-7,11,14-16H2,1-4H3,(H2,22,23,24);1H. The average Bonchev–Trinajstić information content (AvgIpc) is 3.01. The molecular formula is C21H34IN5O. The first-order valence-electron chi connectivity index (χ1n) is 9.93. The predicted octanol–water partition coefficient (Wildman–Crippen LogP) is 3.69. The van der Waals surface area contributed by atoms with Crippen molar-refractivity contribution in [2.24, 2.45) is 12.0 Å². The smallest absolute Gasteiger partial charge is 0.191 e. The zero-order chi connectivity index (χ0) is 19.5. The highest BCUT2D eigenvalue weighted by Gasteiger charge is 2.13. The molecule has 0 aliphatic heterocycles. The largest absolute Gasteiger partial charge is 0.494 e. The molecule has 6 nitrogen and oxygen atoms in total. The molecule has 1 heterocycles. The molecule has 1 aromatic carbocycles. The van der Waals surface area contributed by atoms with Crippen molar-refractivity contribution in [2.45, 2.75) is 46.6 Å². The Labute approximate surface area is 186 Å². The minimum Gasteiger partial charge on any atom is -0.494 e. The van der Waals surface area contributed by atoms with E-state index >= 15 is 0 Å². The van der Waals surface area contributed by atoms with Gasteiger partial charge in [0.15, 0.2) is 5.96 Å². The van der Waals surface area contributed by atoms with Crippen LogP contribution in [0.2, 0.25) is 0 Å². The third-order valence-electron chi connectivity index (χ3n) is 4.39. The molecule has 0 saturated carbocycles. The van der Waals surface area contributed by atoms with Gasteiger partial charge in [-0.3, -0.25) is 4.68 Å². The second-order valence-electron chi connectivity index (χ2n) is 6.34. The fourth-order valence-electron chi connectivity index (χ4n) is 3.06. The highest BCUT2D eigenvalue weighted by molar-refractivity contribution is 14.0. The molecule has 0 aliphatic rings. The van der Waals surface area contributed by atoms with Gasteiger partial charge in [-0.1, -0.05) is 32.0 Å². The third-order valence-corrected chi connectivity index (χ3v) is 4.39. The van der Waals surface area contributed by atoms with E-state index in [0.29, 0.717) is 13.2 Å². The maximum Gasteiger partial charge on any atom is 0.191 e. The Hall–Kier alpha value is -1.77. The summed E-state index contributed by atoms with van der Waals surface area (Å²) in [5.41, 5.74) is 3.67. The van der Waals surface area contributed by atoms with Crippen LogP contribution in [0.15, 0.2) is 35.3 Å². The van der Waals surface area contributed by atoms with E-state index in [0.717, 1.165) is 49.8 Å². The normalized spacial score (nSPS) is 11.1. The summed E-state index contributed by atoms with van der Waals surface area (Å²) in [6, 6.07) is 9.91. The van der Waals surface area contributed by atoms with E-state index in [1.807, 2.05) is 42.1 Å². The monoisotopic (exact) mass is 499 g/mol. The van der Waals surface area contributed by atoms with E-state index in [4.69, 9.17) is 9.73 Å². The quantitative estimate of drug-likeness (QED) is 0.227. The van der Waals surface area contributed by atoms with Gasteiger partial charge in [-0.2, -0.15) is 5.10 Å². The van der Waals surface area contributed by atoms with Gasteiger partial charge < -0.3 is 15.4 Å². The Kier molecular flexibility index (Phi) is 11.6. The number of benzene rings is 1. The zero-order valence-corrected chi connectivity index (χ0v) is 19.8. The first-order valence-corrected chi connectivity index (χ1v) is 9.93. The molecule has 2 rings (SSSR count). The Morgan fingerprint density at radius 2 is 1.86 bits per heavy atom. The molecule has 0 bridgehead atoms. The van der Waals surface area contributed by atoms with E-state index in [1.54, 1.807) is 0 Å². The molecular weight excluding hydrogens is 465 g/mol. The van der Waals surface area contributed by atoms with Gasteiger partial charge in [0.2, 0.25) is 0 Å². The summed E-state index contributed by atoms with van der Waals surface area (Å²) in [6.45, 7) is 9.36. The van der Waals surface area contributed by atoms with Crippen LogP contribution in [-0.4, -0.2) is 35.4 Å². The lowest BCUT2D eigenvalue weighted by molar-refractivity contribution is 0.311. The average molecular weight is 499 g/mol. The zero-order valence-electron chi connectivity index (χ0n) is 17.5. The highest BCUT2D eigenvalue weighted by Crippen LogP contribution is 2.16. The van der Waals surface area contributed by atoms with E-state index in [-0.39, 0.29) is 24.0 Å². The summed E-state index contributed by atoms with van der Waals surface area (Å²) in [5.74, 6) is 1.75. The summed E-state index contributed by atoms with van der Waals surface area (Å²) < 4.78 is 7.72. The number of aryl methyl sites for hydroxylation is 2. The van der Waals surface area contributed by atoms with Gasteiger partial charge in [0.1, 0.15) is 5.75 Å². The molecule has 0 saturated heterocycles. The van der Waals surface area contributed by atoms with Crippen molar-refractivity contribution >= 4 is 29.9 Å². The van der Waals surface area contributed by atoms with Crippen LogP contribution in [0.3, 0.4) is 0 Å². The summed E-state index contributed by atoms with van der Waals surface area (Å²) in [6.07, 6.45) is 2.81. The Balaban J connectivity index is 0.00000392. The summed E-state index contributed by atoms with van der Waals surface area (Å²) >= 11 is 0. The summed E-state index contributed by atoms with van der Waals surface area (Å²) in [7, 11) is 2.02. The highest BCUT2D eigenvalue weighted by atomic mass is 127. The lowest BCUT2D eigenvalue weighted by Gasteiger charge is -2.12. The molecule has 0 amide bonds. The first-order chi connectivity index (χ1) is 13.2. The number of aliphatic imine (C=N–C) groups is 1. The minimum absolute atomic E-state index is 0. The van der Waals surface area contributed by atoms with Crippen LogP contribution in [0.4, 0.5) is 0 Å². The molecule has 1 aromatic heterocycles. The number of halogens is 1. The molecule has 2 N–H and O–H groups in total. The van der Waals surface area contributed by atoms with Crippen LogP contribution in [0.25, 0.3) is 0 Å². The number of guanidine groups is 1. The number of hydrogen-bond donors (Lipinski definition) is 2. The van der Waals surface area contributed by atoms with Gasteiger partial charge in [-0.15, -0.1) is 24.0 Å². The summed E-state index contributed by atoms with van der Waals surface area (Å²) in [4.78, 5) is 4.77. The fraction of sp³-hybridized carbons (Fsp3) is 0.524. The van der Waals surface area contributed by atoms with Crippen molar-refractivity contribution in [3.05, 3.63) is 47.3 Å². The minimum atomic E-state index is 0. The van der Waals surface area contributed by atoms with E-state index in [9.17, 15) is 0 Å². The lowest BCUT2D eigenvalue weighted by Crippen LogP contribution is -2.38. The topological polar surface area (TPSA) is 63.5 Å². The Morgan fingerprint density at radius 1 is 1.11 bits per heavy atom. The van der Waals surface area contributed by atoms with E-state index in [1.165, 1.54) is 11.3 Å². The SMILES string of the molecule is CCNC(=NCc1c(CC)nn(C)c1CC)NCCCOc1ccccc1.I. The fourth-order valence-corrected chi connectivity index (χ4v) is 3.06. The molecule has 7 heteroatoms. The third kappa shape index (κ3) is 7.33. The second-order valence-corrected chi connectivity index (χ2v) is 6.34. The van der Waals surface area contributed by atoms with Crippen LogP contribution in [-0.2, 0) is 26.4 Å². The van der Waals surface area contributed by atoms with Crippen molar-refractivity contribution in [1.29, 1.82) is 0 Å². The van der Waals surface area contributed by atoms with Crippen molar-refractivity contribution < 1.29 is 4.74 Å². The van der Waals surface area contributed by atoms with Crippen molar-refractivity contribution in [2.75, 3.05) is 19.7 Å². The van der Waals surface area contributed by atoms with Crippen molar-refractivity contribution in [1.82, 2.24) is 20.4 Å². The molecule has 2 aromatic rings. The van der Waals surface area contributed by atoms with Crippen LogP contribution in [0.5, 0.6) is 5.75 Å². The summed E-state index contributed by atoms with van der Waals surface area (Å²) in [5, 5.41) is 11.3. The number of nitrogens with one attached hydrogen (secondary N) is 2. The molecule has 0 unspecified atom stereocenters. The molecule has 0 fully saturated rings. The van der Waals surface area contributed by atoms with Crippen LogP contribution >= 0.6 is 24.0 Å². The number of para-hydroxylation sites is 1. The number of rotatable bonds is 10. The second kappa shape index (κ2) is 13.4. The van der Waals surface area contributed by atoms with E-state index in [2.05, 4.69) is 36.5 Å². The molecule has 156 valence electrons.